The van der Waals surface area contributed by atoms with E-state index in [0.29, 0.717) is 12.0 Å². The van der Waals surface area contributed by atoms with Crippen LogP contribution in [0.1, 0.15) is 24.9 Å². The topological polar surface area (TPSA) is 55.2 Å². The van der Waals surface area contributed by atoms with Crippen molar-refractivity contribution < 1.29 is 13.7 Å². The second-order valence-corrected chi connectivity index (χ2v) is 4.58. The zero-order valence-corrected chi connectivity index (χ0v) is 11.3. The van der Waals surface area contributed by atoms with E-state index in [9.17, 15) is 18.9 Å². The molecule has 0 radical (unpaired) electrons. The predicted octanol–water partition coefficient (Wildman–Crippen LogP) is 4.44. The van der Waals surface area contributed by atoms with Crippen LogP contribution in [0.15, 0.2) is 42.5 Å². The van der Waals surface area contributed by atoms with Crippen LogP contribution in [0.25, 0.3) is 0 Å². The lowest BCUT2D eigenvalue weighted by Crippen LogP contribution is -2.11. The number of non-ortho nitro benzene ring substituents is 1. The summed E-state index contributed by atoms with van der Waals surface area (Å²) in [4.78, 5) is 10.3. The van der Waals surface area contributed by atoms with E-state index in [1.54, 1.807) is 12.1 Å². The number of hydrogen-bond donors (Lipinski definition) is 1. The number of rotatable bonds is 5. The van der Waals surface area contributed by atoms with Gasteiger partial charge >= 0.3 is 0 Å². The first-order chi connectivity index (χ1) is 10.0. The molecule has 1 atom stereocenters. The normalized spacial score (nSPS) is 12.0. The van der Waals surface area contributed by atoms with Crippen LogP contribution in [0.5, 0.6) is 0 Å². The summed E-state index contributed by atoms with van der Waals surface area (Å²) in [6.45, 7) is 1.87. The van der Waals surface area contributed by atoms with Gasteiger partial charge in [-0.15, -0.1) is 0 Å². The molecule has 0 amide bonds. The van der Waals surface area contributed by atoms with Crippen molar-refractivity contribution in [3.63, 3.8) is 0 Å². The Morgan fingerprint density at radius 3 is 2.62 bits per heavy atom. The molecule has 6 heteroatoms. The maximum atomic E-state index is 13.7. The van der Waals surface area contributed by atoms with Crippen molar-refractivity contribution in [2.75, 3.05) is 5.32 Å². The van der Waals surface area contributed by atoms with Gasteiger partial charge in [0.1, 0.15) is 11.6 Å². The molecule has 0 saturated heterocycles. The molecule has 2 rings (SSSR count). The molecule has 2 aromatic rings. The van der Waals surface area contributed by atoms with E-state index < -0.39 is 16.6 Å². The fourth-order valence-electron chi connectivity index (χ4n) is 2.07. The summed E-state index contributed by atoms with van der Waals surface area (Å²) < 4.78 is 26.5. The fraction of sp³-hybridized carbons (Fsp3) is 0.200. The van der Waals surface area contributed by atoms with Gasteiger partial charge in [0.2, 0.25) is 0 Å². The van der Waals surface area contributed by atoms with Gasteiger partial charge in [-0.25, -0.2) is 8.78 Å². The Balaban J connectivity index is 2.27. The Hall–Kier alpha value is -2.50. The summed E-state index contributed by atoms with van der Waals surface area (Å²) in [5.41, 5.74) is 0.817. The number of halogens is 2. The van der Waals surface area contributed by atoms with E-state index in [-0.39, 0.29) is 17.4 Å². The van der Waals surface area contributed by atoms with Crippen molar-refractivity contribution >= 4 is 11.4 Å². The second-order valence-electron chi connectivity index (χ2n) is 4.58. The summed E-state index contributed by atoms with van der Waals surface area (Å²) in [5, 5.41) is 13.7. The standard InChI is InChI=1S/C15H14F2N2O2/c1-2-14(10-4-3-5-12(8-10)19(20)21)18-15-7-6-11(16)9-13(15)17/h3-9,14,18H,2H2,1H3. The third kappa shape index (κ3) is 3.53. The van der Waals surface area contributed by atoms with E-state index in [1.807, 2.05) is 6.92 Å². The maximum Gasteiger partial charge on any atom is 0.269 e. The van der Waals surface area contributed by atoms with Gasteiger partial charge in [-0.3, -0.25) is 10.1 Å². The van der Waals surface area contributed by atoms with Gasteiger partial charge in [-0.05, 0) is 24.1 Å². The first kappa shape index (κ1) is 14.9. The van der Waals surface area contributed by atoms with Crippen LogP contribution in [0, 0.1) is 21.7 Å². The molecule has 0 fully saturated rings. The zero-order valence-electron chi connectivity index (χ0n) is 11.3. The molecule has 1 unspecified atom stereocenters. The molecule has 21 heavy (non-hydrogen) atoms. The molecule has 110 valence electrons. The summed E-state index contributed by atoms with van der Waals surface area (Å²) in [7, 11) is 0. The van der Waals surface area contributed by atoms with E-state index in [0.717, 1.165) is 12.1 Å². The first-order valence-corrected chi connectivity index (χ1v) is 6.47. The number of nitrogens with zero attached hydrogens (tertiary/aromatic N) is 1. The SMILES string of the molecule is CCC(Nc1ccc(F)cc1F)c1cccc([N+](=O)[O-])c1. The smallest absolute Gasteiger partial charge is 0.269 e. The van der Waals surface area contributed by atoms with Crippen LogP contribution < -0.4 is 5.32 Å². The Labute approximate surface area is 120 Å². The third-order valence-corrected chi connectivity index (χ3v) is 3.15. The highest BCUT2D eigenvalue weighted by Crippen LogP contribution is 2.27. The van der Waals surface area contributed by atoms with Crippen molar-refractivity contribution in [1.82, 2.24) is 0 Å². The van der Waals surface area contributed by atoms with Crippen LogP contribution in [0.2, 0.25) is 0 Å². The van der Waals surface area contributed by atoms with Crippen molar-refractivity contribution in [3.8, 4) is 0 Å². The highest BCUT2D eigenvalue weighted by Gasteiger charge is 2.15. The summed E-state index contributed by atoms with van der Waals surface area (Å²) >= 11 is 0. The molecule has 2 aromatic carbocycles. The maximum absolute atomic E-state index is 13.7. The average molecular weight is 292 g/mol. The summed E-state index contributed by atoms with van der Waals surface area (Å²) in [6.07, 6.45) is 0.595. The lowest BCUT2D eigenvalue weighted by molar-refractivity contribution is -0.384. The minimum absolute atomic E-state index is 0.0210. The lowest BCUT2D eigenvalue weighted by atomic mass is 10.0. The summed E-state index contributed by atoms with van der Waals surface area (Å²) in [5.74, 6) is -1.35. The van der Waals surface area contributed by atoms with E-state index in [4.69, 9.17) is 0 Å². The largest absolute Gasteiger partial charge is 0.376 e. The minimum atomic E-state index is -0.695. The molecule has 0 aliphatic carbocycles. The number of hydrogen-bond acceptors (Lipinski definition) is 3. The number of nitrogens with one attached hydrogen (secondary N) is 1. The molecular formula is C15H14F2N2O2. The number of anilines is 1. The molecule has 0 spiro atoms. The molecular weight excluding hydrogens is 278 g/mol. The van der Waals surface area contributed by atoms with Gasteiger partial charge in [-0.1, -0.05) is 19.1 Å². The highest BCUT2D eigenvalue weighted by atomic mass is 19.1. The second kappa shape index (κ2) is 6.30. The van der Waals surface area contributed by atoms with E-state index >= 15 is 0 Å². The molecule has 4 nitrogen and oxygen atoms in total. The van der Waals surface area contributed by atoms with E-state index in [1.165, 1.54) is 18.2 Å². The molecule has 0 saturated carbocycles. The third-order valence-electron chi connectivity index (χ3n) is 3.15. The number of nitro groups is 1. The van der Waals surface area contributed by atoms with Gasteiger partial charge in [0, 0.05) is 18.2 Å². The highest BCUT2D eigenvalue weighted by molar-refractivity contribution is 5.48. The minimum Gasteiger partial charge on any atom is -0.376 e. The van der Waals surface area contributed by atoms with Crippen molar-refractivity contribution in [3.05, 3.63) is 69.8 Å². The molecule has 1 N–H and O–H groups in total. The molecule has 0 aromatic heterocycles. The quantitative estimate of drug-likeness (QED) is 0.655. The average Bonchev–Trinajstić information content (AvgIpc) is 2.46. The molecule has 0 aliphatic heterocycles. The molecule has 0 heterocycles. The monoisotopic (exact) mass is 292 g/mol. The van der Waals surface area contributed by atoms with Gasteiger partial charge in [0.05, 0.1) is 16.7 Å². The number of benzene rings is 2. The van der Waals surface area contributed by atoms with Crippen LogP contribution in [0.3, 0.4) is 0 Å². The molecule has 0 bridgehead atoms. The lowest BCUT2D eigenvalue weighted by Gasteiger charge is -2.19. The van der Waals surface area contributed by atoms with Gasteiger partial charge in [0.15, 0.2) is 0 Å². The number of nitro benzene ring substituents is 1. The van der Waals surface area contributed by atoms with Crippen molar-refractivity contribution in [2.24, 2.45) is 0 Å². The fourth-order valence-corrected chi connectivity index (χ4v) is 2.07. The van der Waals surface area contributed by atoms with Gasteiger partial charge < -0.3 is 5.32 Å². The summed E-state index contributed by atoms with van der Waals surface area (Å²) in [6, 6.07) is 9.12. The Kier molecular flexibility index (Phi) is 4.47. The van der Waals surface area contributed by atoms with Crippen LogP contribution in [0.4, 0.5) is 20.2 Å². The zero-order chi connectivity index (χ0) is 15.4. The Morgan fingerprint density at radius 2 is 2.00 bits per heavy atom. The van der Waals surface area contributed by atoms with Crippen molar-refractivity contribution in [2.45, 2.75) is 19.4 Å². The van der Waals surface area contributed by atoms with Gasteiger partial charge in [-0.2, -0.15) is 0 Å². The Bertz CT molecular complexity index is 662. The van der Waals surface area contributed by atoms with E-state index in [2.05, 4.69) is 5.32 Å². The van der Waals surface area contributed by atoms with Crippen LogP contribution in [-0.2, 0) is 0 Å². The Morgan fingerprint density at radius 1 is 1.24 bits per heavy atom. The molecule has 0 aliphatic rings. The van der Waals surface area contributed by atoms with Crippen molar-refractivity contribution in [1.29, 1.82) is 0 Å². The first-order valence-electron chi connectivity index (χ1n) is 6.47. The van der Waals surface area contributed by atoms with Crippen LogP contribution >= 0.6 is 0 Å². The van der Waals surface area contributed by atoms with Gasteiger partial charge in [0.25, 0.3) is 5.69 Å². The predicted molar refractivity (Wildman–Crippen MR) is 76.1 cm³/mol. The van der Waals surface area contributed by atoms with Crippen LogP contribution in [-0.4, -0.2) is 4.92 Å².